The van der Waals surface area contributed by atoms with Gasteiger partial charge in [0, 0.05) is 19.3 Å². The number of ketones is 1. The van der Waals surface area contributed by atoms with Crippen LogP contribution in [0.25, 0.3) is 0 Å². The predicted octanol–water partition coefficient (Wildman–Crippen LogP) is 7.64. The molecule has 4 rings (SSSR count). The maximum absolute atomic E-state index is 11.0. The zero-order chi connectivity index (χ0) is 31.4. The molecule has 222 valence electrons. The van der Waals surface area contributed by atoms with Crippen molar-refractivity contribution in [3.8, 4) is 45.6 Å². The number of carbonyl (C=O) groups excluding carboxylic acids is 2. The topological polar surface area (TPSA) is 90.4 Å². The van der Waals surface area contributed by atoms with Crippen LogP contribution < -0.4 is 14.8 Å². The second-order valence-electron chi connectivity index (χ2n) is 9.97. The lowest BCUT2D eigenvalue weighted by Crippen LogP contribution is -2.28. The number of carbonyl (C=O) groups is 2. The molecule has 0 aliphatic heterocycles. The Bertz CT molecular complexity index is 1680. The molecule has 2 heterocycles. The molecule has 0 radical (unpaired) electrons. The first-order valence-electron chi connectivity index (χ1n) is 13.7. The van der Waals surface area contributed by atoms with Gasteiger partial charge in [-0.25, -0.2) is 9.97 Å². The summed E-state index contributed by atoms with van der Waals surface area (Å²) in [6, 6.07) is 13.6. The highest BCUT2D eigenvalue weighted by atomic mass is 32.1. The van der Waals surface area contributed by atoms with Gasteiger partial charge in [0.05, 0.1) is 18.4 Å². The third-order valence-electron chi connectivity index (χ3n) is 5.78. The summed E-state index contributed by atoms with van der Waals surface area (Å²) in [4.78, 5) is 32.0. The maximum Gasteiger partial charge on any atom is 0.279 e. The summed E-state index contributed by atoms with van der Waals surface area (Å²) < 4.78 is 11.5. The second kappa shape index (κ2) is 16.3. The van der Waals surface area contributed by atoms with Crippen LogP contribution in [0.1, 0.15) is 60.6 Å². The van der Waals surface area contributed by atoms with Crippen molar-refractivity contribution in [1.29, 1.82) is 0 Å². The average molecular weight is 614 g/mol. The van der Waals surface area contributed by atoms with Crippen molar-refractivity contribution in [2.45, 2.75) is 60.9 Å². The highest BCUT2D eigenvalue weighted by molar-refractivity contribution is 7.14. The number of benzene rings is 2. The molecule has 0 aliphatic rings. The molecule has 0 fully saturated rings. The molecule has 0 bridgehead atoms. The van der Waals surface area contributed by atoms with Crippen molar-refractivity contribution in [2.24, 2.45) is 5.92 Å². The Balaban J connectivity index is 0.000000236. The summed E-state index contributed by atoms with van der Waals surface area (Å²) in [5.74, 6) is 13.8. The van der Waals surface area contributed by atoms with Crippen molar-refractivity contribution >= 4 is 34.4 Å². The average Bonchev–Trinajstić information content (AvgIpc) is 3.58. The Hall–Kier alpha value is -4.44. The van der Waals surface area contributed by atoms with E-state index in [1.807, 2.05) is 64.1 Å². The normalized spacial score (nSPS) is 11.3. The number of nitrogens with zero attached hydrogens (tertiary/aromatic N) is 2. The summed E-state index contributed by atoms with van der Waals surface area (Å²) >= 11 is 2.79. The molecule has 1 N–H and O–H groups in total. The molecule has 43 heavy (non-hydrogen) atoms. The number of aromatic nitrogens is 2. The third-order valence-corrected chi connectivity index (χ3v) is 7.36. The largest absolute Gasteiger partial charge is 0.431 e. The van der Waals surface area contributed by atoms with Crippen LogP contribution in [-0.2, 0) is 9.59 Å². The Morgan fingerprint density at radius 2 is 1.51 bits per heavy atom. The monoisotopic (exact) mass is 613 g/mol. The molecule has 0 spiro atoms. The zero-order valence-electron chi connectivity index (χ0n) is 25.4. The van der Waals surface area contributed by atoms with E-state index in [1.54, 1.807) is 19.3 Å². The molecule has 2 atom stereocenters. The lowest BCUT2D eigenvalue weighted by atomic mass is 10.1. The van der Waals surface area contributed by atoms with Crippen LogP contribution in [0.3, 0.4) is 0 Å². The summed E-state index contributed by atoms with van der Waals surface area (Å²) in [6.45, 7) is 12.9. The molecule has 9 heteroatoms. The highest BCUT2D eigenvalue weighted by Crippen LogP contribution is 2.30. The summed E-state index contributed by atoms with van der Waals surface area (Å²) in [5.41, 5.74) is 3.43. The van der Waals surface area contributed by atoms with Gasteiger partial charge in [0.2, 0.25) is 5.91 Å². The number of thiazole rings is 2. The number of Topliss-reactive ketones (excluding diaryl/α,β-unsaturated/α-hetero) is 1. The van der Waals surface area contributed by atoms with E-state index in [4.69, 9.17) is 9.47 Å². The molecule has 2 aromatic carbocycles. The van der Waals surface area contributed by atoms with Crippen molar-refractivity contribution < 1.29 is 19.1 Å². The number of hydrogen-bond acceptors (Lipinski definition) is 8. The predicted molar refractivity (Wildman–Crippen MR) is 173 cm³/mol. The Morgan fingerprint density at radius 3 is 2.14 bits per heavy atom. The van der Waals surface area contributed by atoms with Crippen LogP contribution in [0.15, 0.2) is 54.9 Å². The number of amides is 1. The smallest absolute Gasteiger partial charge is 0.279 e. The third kappa shape index (κ3) is 11.8. The van der Waals surface area contributed by atoms with Crippen molar-refractivity contribution in [1.82, 2.24) is 15.3 Å². The van der Waals surface area contributed by atoms with Crippen LogP contribution in [-0.4, -0.2) is 27.7 Å². The first-order chi connectivity index (χ1) is 20.5. The van der Waals surface area contributed by atoms with Gasteiger partial charge in [0.15, 0.2) is 0 Å². The molecule has 1 amide bonds. The van der Waals surface area contributed by atoms with Gasteiger partial charge in [-0.1, -0.05) is 77.5 Å². The number of nitrogens with one attached hydrogen (secondary N) is 1. The molecule has 4 aromatic rings. The molecular formula is C34H35N3O4S2. The molecular weight excluding hydrogens is 579 g/mol. The second-order valence-corrected chi connectivity index (χ2v) is 12.0. The first-order valence-corrected chi connectivity index (χ1v) is 15.3. The van der Waals surface area contributed by atoms with E-state index >= 15 is 0 Å². The van der Waals surface area contributed by atoms with E-state index in [2.05, 4.69) is 52.0 Å². The van der Waals surface area contributed by atoms with Crippen molar-refractivity contribution in [2.75, 3.05) is 0 Å². The standard InChI is InChI=1S/C18H19NO2S.C16H16N2O2S/c1-12(10-14(3)20)8-9-16-11-19-18(22-16)21-17-7-5-6-13(2)15(17)4;1-11-5-4-6-14(9-11)20-16-17-10-15(21-16)8-7-12(2)18-13(3)19/h5-7,11-12H,10H2,1-4H3;4-6,9-10,12H,1-3H3,(H,18,19). The fourth-order valence-electron chi connectivity index (χ4n) is 3.63. The zero-order valence-corrected chi connectivity index (χ0v) is 27.0. The Morgan fingerprint density at radius 1 is 0.884 bits per heavy atom. The van der Waals surface area contributed by atoms with E-state index in [-0.39, 0.29) is 23.7 Å². The van der Waals surface area contributed by atoms with Crippen molar-refractivity contribution in [3.05, 3.63) is 81.3 Å². The Labute approximate surface area is 261 Å². The number of aryl methyl sites for hydroxylation is 2. The lowest BCUT2D eigenvalue weighted by molar-refractivity contribution is -0.119. The quantitative estimate of drug-likeness (QED) is 0.216. The van der Waals surface area contributed by atoms with E-state index in [1.165, 1.54) is 35.2 Å². The van der Waals surface area contributed by atoms with Gasteiger partial charge in [0.25, 0.3) is 10.4 Å². The molecule has 0 aliphatic carbocycles. The van der Waals surface area contributed by atoms with Crippen LogP contribution >= 0.6 is 22.7 Å². The summed E-state index contributed by atoms with van der Waals surface area (Å²) in [5, 5.41) is 3.84. The SMILES string of the molecule is CC(=O)CC(C)C#Cc1cnc(Oc2cccc(C)c2C)s1.CC(=O)NC(C)C#Cc1cnc(Oc2cccc(C)c2)s1. The minimum absolute atomic E-state index is 0.0583. The minimum Gasteiger partial charge on any atom is -0.431 e. The van der Waals surface area contributed by atoms with Crippen LogP contribution in [0, 0.1) is 50.4 Å². The van der Waals surface area contributed by atoms with Gasteiger partial charge in [-0.05, 0) is 69.5 Å². The maximum atomic E-state index is 11.0. The van der Waals surface area contributed by atoms with Gasteiger partial charge in [-0.15, -0.1) is 0 Å². The van der Waals surface area contributed by atoms with E-state index in [0.29, 0.717) is 16.8 Å². The van der Waals surface area contributed by atoms with E-state index in [9.17, 15) is 9.59 Å². The molecule has 2 aromatic heterocycles. The van der Waals surface area contributed by atoms with E-state index in [0.717, 1.165) is 32.4 Å². The summed E-state index contributed by atoms with van der Waals surface area (Å²) in [6.07, 6.45) is 3.86. The van der Waals surface area contributed by atoms with Gasteiger partial charge in [-0.2, -0.15) is 0 Å². The molecule has 2 unspecified atom stereocenters. The Kier molecular flexibility index (Phi) is 12.5. The fraction of sp³-hybridized carbons (Fsp3) is 0.294. The molecule has 0 saturated carbocycles. The lowest BCUT2D eigenvalue weighted by Gasteiger charge is -2.07. The van der Waals surface area contributed by atoms with Crippen LogP contribution in [0.2, 0.25) is 0 Å². The molecule has 0 saturated heterocycles. The summed E-state index contributed by atoms with van der Waals surface area (Å²) in [7, 11) is 0. The highest BCUT2D eigenvalue weighted by Gasteiger charge is 2.08. The number of ether oxygens (including phenoxy) is 2. The minimum atomic E-state index is -0.189. The number of rotatable bonds is 7. The van der Waals surface area contributed by atoms with Crippen LogP contribution in [0.4, 0.5) is 0 Å². The fourth-order valence-corrected chi connectivity index (χ4v) is 4.92. The van der Waals surface area contributed by atoms with Gasteiger partial charge in [0.1, 0.15) is 27.0 Å². The van der Waals surface area contributed by atoms with E-state index < -0.39 is 0 Å². The van der Waals surface area contributed by atoms with Crippen LogP contribution in [0.5, 0.6) is 21.9 Å². The van der Waals surface area contributed by atoms with Crippen molar-refractivity contribution in [3.63, 3.8) is 0 Å². The van der Waals surface area contributed by atoms with Gasteiger partial charge in [-0.3, -0.25) is 9.59 Å². The number of hydrogen-bond donors (Lipinski definition) is 1. The first kappa shape index (κ1) is 33.1. The van der Waals surface area contributed by atoms with Gasteiger partial charge < -0.3 is 14.8 Å². The molecule has 7 nitrogen and oxygen atoms in total. The van der Waals surface area contributed by atoms with Gasteiger partial charge >= 0.3 is 0 Å².